The second kappa shape index (κ2) is 10.1. The van der Waals surface area contributed by atoms with Gasteiger partial charge in [0.15, 0.2) is 17.7 Å². The van der Waals surface area contributed by atoms with Gasteiger partial charge in [0.2, 0.25) is 0 Å². The monoisotopic (exact) mass is 491 g/mol. The van der Waals surface area contributed by atoms with Crippen LogP contribution in [0.2, 0.25) is 0 Å². The van der Waals surface area contributed by atoms with Gasteiger partial charge in [0.25, 0.3) is 5.91 Å². The number of hydrazone groups is 1. The van der Waals surface area contributed by atoms with E-state index in [1.807, 2.05) is 12.1 Å². The number of nitrogens with one attached hydrogen (secondary N) is 1. The van der Waals surface area contributed by atoms with E-state index >= 15 is 0 Å². The molecule has 182 valence electrons. The van der Waals surface area contributed by atoms with Crippen LogP contribution in [0.1, 0.15) is 10.4 Å². The van der Waals surface area contributed by atoms with Gasteiger partial charge in [0, 0.05) is 18.1 Å². The minimum atomic E-state index is -0.789. The van der Waals surface area contributed by atoms with Crippen molar-refractivity contribution in [3.8, 4) is 17.6 Å². The van der Waals surface area contributed by atoms with Crippen LogP contribution in [0.15, 0.2) is 94.3 Å². The number of fused-ring (bicyclic) bond motifs is 1. The van der Waals surface area contributed by atoms with E-state index in [0.717, 1.165) is 0 Å². The summed E-state index contributed by atoms with van der Waals surface area (Å²) in [5.41, 5.74) is 0.680. The topological polar surface area (TPSA) is 136 Å². The quantitative estimate of drug-likeness (QED) is 0.353. The standard InChI is InChI=1S/C27H21N7O3/c1-37-20-11-9-19(10-12-20)31-27(36)24-21-7-3-2-6-17(21)14-22(25(24)35)32-33-26-18(15-28)16-30-34(26)23-8-4-5-13-29-23/h2-14,16,18,26,35H,1H3,(H,31,36)/b33-32+. The smallest absolute Gasteiger partial charge is 0.260 e. The van der Waals surface area contributed by atoms with E-state index in [4.69, 9.17) is 4.74 Å². The third kappa shape index (κ3) is 4.66. The number of phenolic OH excluding ortho intramolecular Hbond substituents is 1. The molecule has 10 heteroatoms. The van der Waals surface area contributed by atoms with Crippen molar-refractivity contribution in [2.24, 2.45) is 21.2 Å². The zero-order valence-electron chi connectivity index (χ0n) is 19.7. The molecule has 1 aliphatic heterocycles. The summed E-state index contributed by atoms with van der Waals surface area (Å²) in [4.78, 5) is 17.6. The average Bonchev–Trinajstić information content (AvgIpc) is 3.35. The summed E-state index contributed by atoms with van der Waals surface area (Å²) in [6.45, 7) is 0. The van der Waals surface area contributed by atoms with Gasteiger partial charge >= 0.3 is 0 Å². The molecule has 0 aliphatic carbocycles. The molecule has 1 amide bonds. The number of amides is 1. The van der Waals surface area contributed by atoms with Gasteiger partial charge in [-0.05, 0) is 53.2 Å². The molecule has 2 atom stereocenters. The van der Waals surface area contributed by atoms with Crippen molar-refractivity contribution < 1.29 is 14.6 Å². The Balaban J connectivity index is 1.51. The summed E-state index contributed by atoms with van der Waals surface area (Å²) in [5, 5.41) is 39.1. The van der Waals surface area contributed by atoms with E-state index < -0.39 is 18.0 Å². The zero-order valence-corrected chi connectivity index (χ0v) is 19.7. The molecule has 37 heavy (non-hydrogen) atoms. The number of nitrogens with zero attached hydrogens (tertiary/aromatic N) is 6. The number of methoxy groups -OCH3 is 1. The highest BCUT2D eigenvalue weighted by Gasteiger charge is 2.33. The number of anilines is 2. The fourth-order valence-corrected chi connectivity index (χ4v) is 3.96. The second-order valence-corrected chi connectivity index (χ2v) is 8.10. The third-order valence-electron chi connectivity index (χ3n) is 5.82. The first kappa shape index (κ1) is 23.4. The first-order valence-corrected chi connectivity index (χ1v) is 11.3. The molecule has 2 heterocycles. The van der Waals surface area contributed by atoms with Crippen molar-refractivity contribution in [2.45, 2.75) is 6.17 Å². The van der Waals surface area contributed by atoms with E-state index in [0.29, 0.717) is 28.0 Å². The zero-order chi connectivity index (χ0) is 25.8. The van der Waals surface area contributed by atoms with Gasteiger partial charge in [0.05, 0.1) is 18.7 Å². The molecule has 0 fully saturated rings. The van der Waals surface area contributed by atoms with E-state index in [9.17, 15) is 15.2 Å². The number of benzene rings is 3. The van der Waals surface area contributed by atoms with Crippen LogP contribution in [-0.4, -0.2) is 35.5 Å². The van der Waals surface area contributed by atoms with Crippen molar-refractivity contribution in [2.75, 3.05) is 17.4 Å². The van der Waals surface area contributed by atoms with Gasteiger partial charge in [-0.3, -0.25) is 4.79 Å². The summed E-state index contributed by atoms with van der Waals surface area (Å²) in [6, 6.07) is 23.1. The van der Waals surface area contributed by atoms with Crippen LogP contribution >= 0.6 is 0 Å². The normalized spacial score (nSPS) is 16.7. The van der Waals surface area contributed by atoms with E-state index in [-0.39, 0.29) is 17.0 Å². The largest absolute Gasteiger partial charge is 0.505 e. The highest BCUT2D eigenvalue weighted by molar-refractivity contribution is 6.16. The highest BCUT2D eigenvalue weighted by Crippen LogP contribution is 2.38. The molecular formula is C27H21N7O3. The number of carbonyl (C=O) groups excluding carboxylic acids is 1. The fraction of sp³-hybridized carbons (Fsp3) is 0.111. The van der Waals surface area contributed by atoms with E-state index in [1.54, 1.807) is 74.0 Å². The minimum absolute atomic E-state index is 0.0592. The van der Waals surface area contributed by atoms with Gasteiger partial charge in [-0.15, -0.1) is 5.11 Å². The molecule has 0 bridgehead atoms. The molecule has 0 radical (unpaired) electrons. The number of pyridine rings is 1. The van der Waals surface area contributed by atoms with Crippen LogP contribution in [0.4, 0.5) is 17.2 Å². The van der Waals surface area contributed by atoms with Crippen LogP contribution in [-0.2, 0) is 0 Å². The van der Waals surface area contributed by atoms with Crippen molar-refractivity contribution in [1.29, 1.82) is 5.26 Å². The maximum atomic E-state index is 13.3. The number of aromatic hydroxyl groups is 1. The number of phenols is 1. The SMILES string of the molecule is COc1ccc(NC(=O)c2c(O)c(/N=N/C3C(C#N)C=NN3c3ccccn3)cc3ccccc23)cc1. The van der Waals surface area contributed by atoms with E-state index in [1.165, 1.54) is 11.2 Å². The number of nitriles is 1. The molecule has 0 spiro atoms. The van der Waals surface area contributed by atoms with Crippen molar-refractivity contribution >= 4 is 40.1 Å². The lowest BCUT2D eigenvalue weighted by Gasteiger charge is -2.19. The van der Waals surface area contributed by atoms with Crippen molar-refractivity contribution in [1.82, 2.24) is 4.98 Å². The number of azo groups is 1. The minimum Gasteiger partial charge on any atom is -0.505 e. The van der Waals surface area contributed by atoms with Crippen molar-refractivity contribution in [3.05, 3.63) is 84.6 Å². The predicted octanol–water partition coefficient (Wildman–Crippen LogP) is 5.26. The number of hydrogen-bond donors (Lipinski definition) is 2. The van der Waals surface area contributed by atoms with E-state index in [2.05, 4.69) is 31.7 Å². The van der Waals surface area contributed by atoms with Crippen LogP contribution in [0.5, 0.6) is 11.5 Å². The van der Waals surface area contributed by atoms with Crippen LogP contribution in [0, 0.1) is 17.2 Å². The Kier molecular flexibility index (Phi) is 6.42. The summed E-state index contributed by atoms with van der Waals surface area (Å²) in [5.74, 6) is -0.357. The summed E-state index contributed by atoms with van der Waals surface area (Å²) in [7, 11) is 1.56. The maximum absolute atomic E-state index is 13.3. The molecule has 0 saturated heterocycles. The van der Waals surface area contributed by atoms with Crippen molar-refractivity contribution in [3.63, 3.8) is 0 Å². The molecule has 3 aromatic carbocycles. The molecule has 1 aliphatic rings. The lowest BCUT2D eigenvalue weighted by Crippen LogP contribution is -2.30. The van der Waals surface area contributed by atoms with Gasteiger partial charge < -0.3 is 15.2 Å². The fourth-order valence-electron chi connectivity index (χ4n) is 3.96. The summed E-state index contributed by atoms with van der Waals surface area (Å²) >= 11 is 0. The summed E-state index contributed by atoms with van der Waals surface area (Å²) < 4.78 is 5.16. The first-order valence-electron chi connectivity index (χ1n) is 11.3. The Labute approximate surface area is 212 Å². The highest BCUT2D eigenvalue weighted by atomic mass is 16.5. The predicted molar refractivity (Wildman–Crippen MR) is 139 cm³/mol. The number of ether oxygens (including phenoxy) is 1. The van der Waals surface area contributed by atoms with Gasteiger partial charge in [-0.2, -0.15) is 15.5 Å². The average molecular weight is 492 g/mol. The van der Waals surface area contributed by atoms with Gasteiger partial charge in [-0.1, -0.05) is 30.3 Å². The molecule has 10 nitrogen and oxygen atoms in total. The molecule has 5 rings (SSSR count). The first-order chi connectivity index (χ1) is 18.1. The third-order valence-corrected chi connectivity index (χ3v) is 5.82. The van der Waals surface area contributed by atoms with Gasteiger partial charge in [-0.25, -0.2) is 9.99 Å². The van der Waals surface area contributed by atoms with Gasteiger partial charge in [0.1, 0.15) is 17.4 Å². The number of rotatable bonds is 6. The maximum Gasteiger partial charge on any atom is 0.260 e. The lowest BCUT2D eigenvalue weighted by atomic mass is 10.0. The molecule has 4 aromatic rings. The van der Waals surface area contributed by atoms with Crippen LogP contribution in [0.3, 0.4) is 0 Å². The summed E-state index contributed by atoms with van der Waals surface area (Å²) in [6.07, 6.45) is 2.30. The number of hydrogen-bond acceptors (Lipinski definition) is 9. The van der Waals surface area contributed by atoms with Crippen LogP contribution < -0.4 is 15.1 Å². The van der Waals surface area contributed by atoms with Crippen LogP contribution in [0.25, 0.3) is 10.8 Å². The molecule has 1 aromatic heterocycles. The Morgan fingerprint density at radius 1 is 1.14 bits per heavy atom. The lowest BCUT2D eigenvalue weighted by molar-refractivity contribution is 0.102. The Morgan fingerprint density at radius 2 is 1.92 bits per heavy atom. The second-order valence-electron chi connectivity index (χ2n) is 8.10. The molecule has 2 unspecified atom stereocenters. The molecule has 0 saturated carbocycles. The number of carbonyl (C=O) groups is 1. The molecule has 2 N–H and O–H groups in total. The Morgan fingerprint density at radius 3 is 2.65 bits per heavy atom. The Hall–Kier alpha value is -5.30. The molecular weight excluding hydrogens is 470 g/mol. The number of aromatic nitrogens is 1. The Bertz CT molecular complexity index is 1550.